The molecule has 7 aromatic rings. The second-order valence-electron chi connectivity index (χ2n) is 11.4. The van der Waals surface area contributed by atoms with Crippen molar-refractivity contribution in [3.63, 3.8) is 0 Å². The Labute approximate surface area is 299 Å². The van der Waals surface area contributed by atoms with Gasteiger partial charge in [-0.3, -0.25) is 0 Å². The van der Waals surface area contributed by atoms with Gasteiger partial charge in [0.1, 0.15) is 0 Å². The normalized spacial score (nSPS) is 15.5. The molecule has 7 rings (SSSR count). The van der Waals surface area contributed by atoms with Crippen molar-refractivity contribution in [2.75, 3.05) is 0 Å². The Kier molecular flexibility index (Phi) is 6.90. The monoisotopic (exact) mass is 790 g/mol. The molecule has 4 nitrogen and oxygen atoms in total. The fourth-order valence-corrected chi connectivity index (χ4v) is 4.86. The predicted octanol–water partition coefficient (Wildman–Crippen LogP) is 10.1. The van der Waals surface area contributed by atoms with Crippen molar-refractivity contribution in [2.45, 2.75) is 52.6 Å². The average Bonchev–Trinajstić information content (AvgIpc) is 3.53. The van der Waals surface area contributed by atoms with Gasteiger partial charge in [0.15, 0.2) is 0 Å². The number of fused-ring (bicyclic) bond motifs is 3. The molecule has 4 aromatic heterocycles. The molecule has 0 fully saturated rings. The molecule has 0 saturated heterocycles. The molecule has 0 aliphatic heterocycles. The number of aryl methyl sites for hydroxylation is 4. The molecule has 3 aromatic carbocycles. The van der Waals surface area contributed by atoms with Crippen LogP contribution in [0.3, 0.4) is 0 Å². The number of furan rings is 1. The number of aromatic nitrogens is 3. The van der Waals surface area contributed by atoms with Crippen LogP contribution in [0.15, 0.2) is 114 Å². The van der Waals surface area contributed by atoms with E-state index in [-0.39, 0.29) is 48.2 Å². The molecule has 0 spiro atoms. The minimum Gasteiger partial charge on any atom is -0.486 e. The molecule has 0 atom stereocenters. The Morgan fingerprint density at radius 1 is 0.783 bits per heavy atom. The van der Waals surface area contributed by atoms with E-state index in [4.69, 9.17) is 18.1 Å². The van der Waals surface area contributed by atoms with Crippen LogP contribution in [0.1, 0.15) is 62.4 Å². The van der Waals surface area contributed by atoms with Crippen LogP contribution in [-0.4, -0.2) is 15.0 Å². The van der Waals surface area contributed by atoms with Gasteiger partial charge in [-0.25, -0.2) is 4.98 Å². The number of benzene rings is 3. The summed E-state index contributed by atoms with van der Waals surface area (Å²) in [4.78, 5) is 13.0. The molecule has 1 radical (unpaired) electrons. The number of hydrogen-bond acceptors (Lipinski definition) is 4. The first-order chi connectivity index (χ1) is 25.7. The van der Waals surface area contributed by atoms with Gasteiger partial charge < -0.3 is 14.4 Å². The van der Waals surface area contributed by atoms with E-state index in [1.165, 1.54) is 18.5 Å². The SMILES string of the molecule is [2H]C([2H])([2H])c1ccc(-c2[c-]cccc2)nc1.[2H]C([2H])([2H])c1cnc(-c2[c-]ccc3c2oc2nc(C([2H])([2H])C([2H])([2H])c4ccccc4)ccc23)cc1C(C)(C)C.[Ir]. The summed E-state index contributed by atoms with van der Waals surface area (Å²) in [5, 5.41) is 1.35. The summed E-state index contributed by atoms with van der Waals surface area (Å²) >= 11 is 0. The third kappa shape index (κ3) is 7.50. The van der Waals surface area contributed by atoms with Gasteiger partial charge in [-0.15, -0.1) is 54.1 Å². The minimum absolute atomic E-state index is 0. The minimum atomic E-state index is -2.45. The van der Waals surface area contributed by atoms with E-state index < -0.39 is 31.9 Å². The summed E-state index contributed by atoms with van der Waals surface area (Å²) in [5.74, 6) is 0. The van der Waals surface area contributed by atoms with Crippen molar-refractivity contribution < 1.29 is 38.2 Å². The Bertz CT molecular complexity index is 2440. The molecule has 46 heavy (non-hydrogen) atoms. The first-order valence-corrected chi connectivity index (χ1v) is 14.4. The van der Waals surface area contributed by atoms with Crippen molar-refractivity contribution in [3.8, 4) is 22.5 Å². The molecule has 0 N–H and O–H groups in total. The van der Waals surface area contributed by atoms with Crippen LogP contribution in [0.25, 0.3) is 44.6 Å². The Balaban J connectivity index is 0.000000295. The van der Waals surface area contributed by atoms with Gasteiger partial charge in [-0.2, -0.15) is 0 Å². The van der Waals surface area contributed by atoms with E-state index in [1.54, 1.807) is 66.7 Å². The van der Waals surface area contributed by atoms with E-state index in [0.29, 0.717) is 33.2 Å². The van der Waals surface area contributed by atoms with E-state index in [1.807, 2.05) is 45.0 Å². The topological polar surface area (TPSA) is 51.8 Å². The van der Waals surface area contributed by atoms with Crippen molar-refractivity contribution in [2.24, 2.45) is 0 Å². The van der Waals surface area contributed by atoms with Crippen molar-refractivity contribution >= 4 is 22.1 Å². The number of hydrogen-bond donors (Lipinski definition) is 0. The molecule has 233 valence electrons. The Hall–Kier alpha value is -4.44. The van der Waals surface area contributed by atoms with Gasteiger partial charge in [0.25, 0.3) is 0 Å². The summed E-state index contributed by atoms with van der Waals surface area (Å²) in [6.45, 7) is 1.43. The fourth-order valence-electron chi connectivity index (χ4n) is 4.86. The number of rotatable bonds is 5. The Morgan fingerprint density at radius 3 is 2.33 bits per heavy atom. The van der Waals surface area contributed by atoms with Crippen LogP contribution in [0.4, 0.5) is 0 Å². The molecule has 0 aliphatic rings. The molecule has 4 heterocycles. The van der Waals surface area contributed by atoms with E-state index in [0.717, 1.165) is 11.3 Å². The van der Waals surface area contributed by atoms with Gasteiger partial charge in [-0.05, 0) is 77.6 Å². The quantitative estimate of drug-likeness (QED) is 0.163. The first-order valence-electron chi connectivity index (χ1n) is 19.4. The van der Waals surface area contributed by atoms with Crippen LogP contribution >= 0.6 is 0 Å². The van der Waals surface area contributed by atoms with Gasteiger partial charge >= 0.3 is 0 Å². The average molecular weight is 790 g/mol. The van der Waals surface area contributed by atoms with Gasteiger partial charge in [-0.1, -0.05) is 80.3 Å². The van der Waals surface area contributed by atoms with E-state index >= 15 is 0 Å². The zero-order valence-corrected chi connectivity index (χ0v) is 27.9. The van der Waals surface area contributed by atoms with Gasteiger partial charge in [0.05, 0.1) is 5.58 Å². The molecular weight excluding hydrogens is 743 g/mol. The molecular formula is C41H37IrN3O-2. The zero-order chi connectivity index (χ0) is 40.0. The van der Waals surface area contributed by atoms with E-state index in [9.17, 15) is 0 Å². The van der Waals surface area contributed by atoms with Gasteiger partial charge in [0, 0.05) is 57.3 Å². The van der Waals surface area contributed by atoms with Crippen molar-refractivity contribution in [3.05, 3.63) is 150 Å². The second-order valence-corrected chi connectivity index (χ2v) is 11.4. The molecule has 0 aliphatic carbocycles. The largest absolute Gasteiger partial charge is 0.486 e. The van der Waals surface area contributed by atoms with Gasteiger partial charge in [0.2, 0.25) is 5.71 Å². The predicted molar refractivity (Wildman–Crippen MR) is 184 cm³/mol. The molecule has 0 saturated carbocycles. The summed E-state index contributed by atoms with van der Waals surface area (Å²) in [5.41, 5.74) is 3.95. The molecule has 5 heteroatoms. The number of nitrogens with zero attached hydrogens (tertiary/aromatic N) is 3. The smallest absolute Gasteiger partial charge is 0.216 e. The van der Waals surface area contributed by atoms with Crippen LogP contribution in [0, 0.1) is 25.8 Å². The maximum atomic E-state index is 8.67. The summed E-state index contributed by atoms with van der Waals surface area (Å²) in [6.07, 6.45) is -2.03. The van der Waals surface area contributed by atoms with Crippen LogP contribution in [0.2, 0.25) is 0 Å². The third-order valence-corrected chi connectivity index (χ3v) is 7.12. The zero-order valence-electron chi connectivity index (χ0n) is 35.5. The van der Waals surface area contributed by atoms with Crippen LogP contribution in [0.5, 0.6) is 0 Å². The van der Waals surface area contributed by atoms with Crippen LogP contribution < -0.4 is 0 Å². The Morgan fingerprint density at radius 2 is 1.61 bits per heavy atom. The van der Waals surface area contributed by atoms with E-state index in [2.05, 4.69) is 27.1 Å². The summed E-state index contributed by atoms with van der Waals surface area (Å²) in [6, 6.07) is 33.6. The molecule has 0 amide bonds. The summed E-state index contributed by atoms with van der Waals surface area (Å²) in [7, 11) is 0. The molecule has 0 bridgehead atoms. The van der Waals surface area contributed by atoms with Crippen LogP contribution in [-0.2, 0) is 38.3 Å². The summed E-state index contributed by atoms with van der Waals surface area (Å²) < 4.78 is 86.1. The standard InChI is InChI=1S/C29H27N2O.C12H10N.Ir/c1-19-18-30-26(17-25(19)29(2,3)4)24-12-8-11-22-23-16-15-21(31-28(23)32-27(22)24)14-13-20-9-6-5-7-10-20;1-10-7-8-12(13-9-10)11-5-3-2-4-6-11;/h5-11,15-18H,13-14H2,1-4H3;2-5,7-9H,1H3;/q2*-1;/i1D3,13D2,14D2;1D3;. The molecule has 0 unspecified atom stereocenters. The second kappa shape index (κ2) is 14.3. The van der Waals surface area contributed by atoms with Crippen molar-refractivity contribution in [1.29, 1.82) is 0 Å². The fraction of sp³-hybridized carbons (Fsp3) is 0.195. The number of pyridine rings is 3. The maximum absolute atomic E-state index is 8.67. The third-order valence-electron chi connectivity index (χ3n) is 7.12. The maximum Gasteiger partial charge on any atom is 0.216 e. The van der Waals surface area contributed by atoms with Crippen molar-refractivity contribution in [1.82, 2.24) is 15.0 Å². The first kappa shape index (κ1) is 22.1.